The molecule has 1 unspecified atom stereocenters. The highest BCUT2D eigenvalue weighted by Crippen LogP contribution is 2.21. The van der Waals surface area contributed by atoms with E-state index in [1.807, 2.05) is 17.8 Å². The summed E-state index contributed by atoms with van der Waals surface area (Å²) in [6.45, 7) is 6.33. The first-order valence-corrected chi connectivity index (χ1v) is 6.63. The molecule has 0 aromatic heterocycles. The highest BCUT2D eigenvalue weighted by Gasteiger charge is 2.07. The summed E-state index contributed by atoms with van der Waals surface area (Å²) in [7, 11) is 0. The molecule has 0 radical (unpaired) electrons. The normalized spacial score (nSPS) is 12.8. The number of aliphatic hydroxyl groups excluding tert-OH is 1. The summed E-state index contributed by atoms with van der Waals surface area (Å²) in [6, 6.07) is 6.21. The first-order chi connectivity index (χ1) is 7.15. The molecule has 0 amide bonds. The molecule has 0 spiro atoms. The molecule has 1 N–H and O–H groups in total. The first kappa shape index (κ1) is 12.6. The number of benzene rings is 1. The fourth-order valence-corrected chi connectivity index (χ4v) is 2.16. The number of hydrogen-bond acceptors (Lipinski definition) is 2. The van der Waals surface area contributed by atoms with Crippen molar-refractivity contribution in [1.29, 1.82) is 0 Å². The summed E-state index contributed by atoms with van der Waals surface area (Å²) in [5.41, 5.74) is 3.60. The van der Waals surface area contributed by atoms with Gasteiger partial charge in [-0.2, -0.15) is 11.8 Å². The quantitative estimate of drug-likeness (QED) is 0.773. The third-order valence-corrected chi connectivity index (χ3v) is 3.59. The van der Waals surface area contributed by atoms with Crippen molar-refractivity contribution < 1.29 is 5.11 Å². The minimum atomic E-state index is -0.302. The lowest BCUT2D eigenvalue weighted by Crippen LogP contribution is -2.00. The van der Waals surface area contributed by atoms with E-state index in [1.54, 1.807) is 0 Å². The van der Waals surface area contributed by atoms with Gasteiger partial charge >= 0.3 is 0 Å². The molecule has 1 atom stereocenters. The second-order valence-corrected chi connectivity index (χ2v) is 5.24. The van der Waals surface area contributed by atoms with Gasteiger partial charge in [0.15, 0.2) is 0 Å². The van der Waals surface area contributed by atoms with Crippen molar-refractivity contribution >= 4 is 11.8 Å². The molecule has 0 fully saturated rings. The Kier molecular flexibility index (Phi) is 5.20. The van der Waals surface area contributed by atoms with Crippen molar-refractivity contribution in [3.63, 3.8) is 0 Å². The van der Waals surface area contributed by atoms with Crippen molar-refractivity contribution in [2.45, 2.75) is 33.3 Å². The third kappa shape index (κ3) is 3.88. The Balaban J connectivity index is 2.57. The number of rotatable bonds is 5. The molecule has 0 aliphatic carbocycles. The van der Waals surface area contributed by atoms with Crippen LogP contribution in [-0.2, 0) is 0 Å². The Morgan fingerprint density at radius 3 is 2.60 bits per heavy atom. The van der Waals surface area contributed by atoms with Crippen LogP contribution in [0.25, 0.3) is 0 Å². The van der Waals surface area contributed by atoms with Crippen LogP contribution >= 0.6 is 11.8 Å². The van der Waals surface area contributed by atoms with E-state index >= 15 is 0 Å². The van der Waals surface area contributed by atoms with Gasteiger partial charge in [0, 0.05) is 0 Å². The molecule has 0 heterocycles. The smallest absolute Gasteiger partial charge is 0.0798 e. The Morgan fingerprint density at radius 1 is 1.27 bits per heavy atom. The van der Waals surface area contributed by atoms with Crippen molar-refractivity contribution in [1.82, 2.24) is 0 Å². The lowest BCUT2D eigenvalue weighted by Gasteiger charge is -2.12. The molecule has 1 nitrogen and oxygen atoms in total. The number of aryl methyl sites for hydroxylation is 2. The van der Waals surface area contributed by atoms with Gasteiger partial charge < -0.3 is 5.11 Å². The Labute approximate surface area is 96.9 Å². The van der Waals surface area contributed by atoms with E-state index in [9.17, 15) is 5.11 Å². The van der Waals surface area contributed by atoms with E-state index < -0.39 is 0 Å². The number of thioether (sulfide) groups is 1. The molecule has 0 bridgehead atoms. The third-order valence-electron chi connectivity index (χ3n) is 2.66. The zero-order valence-corrected chi connectivity index (χ0v) is 10.6. The van der Waals surface area contributed by atoms with Gasteiger partial charge in [-0.05, 0) is 48.5 Å². The maximum Gasteiger partial charge on any atom is 0.0798 e. The van der Waals surface area contributed by atoms with E-state index in [4.69, 9.17) is 0 Å². The molecule has 0 aliphatic heterocycles. The van der Waals surface area contributed by atoms with Gasteiger partial charge in [0.1, 0.15) is 0 Å². The van der Waals surface area contributed by atoms with Crippen LogP contribution in [0.15, 0.2) is 18.2 Å². The molecule has 1 aromatic rings. The topological polar surface area (TPSA) is 20.2 Å². The zero-order chi connectivity index (χ0) is 11.3. The summed E-state index contributed by atoms with van der Waals surface area (Å²) in [5, 5.41) is 9.95. The van der Waals surface area contributed by atoms with E-state index in [1.165, 1.54) is 11.1 Å². The van der Waals surface area contributed by atoms with Crippen LogP contribution < -0.4 is 0 Å². The van der Waals surface area contributed by atoms with Gasteiger partial charge in [-0.3, -0.25) is 0 Å². The first-order valence-electron chi connectivity index (χ1n) is 5.48. The van der Waals surface area contributed by atoms with Crippen molar-refractivity contribution in [3.05, 3.63) is 34.9 Å². The summed E-state index contributed by atoms with van der Waals surface area (Å²) < 4.78 is 0. The van der Waals surface area contributed by atoms with E-state index in [0.29, 0.717) is 0 Å². The highest BCUT2D eigenvalue weighted by atomic mass is 32.2. The molecule has 1 rings (SSSR count). The standard InChI is InChI=1S/C13H20OS/c1-4-15-8-7-13(14)12-6-5-10(2)11(3)9-12/h5-6,9,13-14H,4,7-8H2,1-3H3. The van der Waals surface area contributed by atoms with Crippen LogP contribution in [0, 0.1) is 13.8 Å². The molecule has 1 aromatic carbocycles. The molecule has 0 aliphatic rings. The predicted octanol–water partition coefficient (Wildman–Crippen LogP) is 3.48. The van der Waals surface area contributed by atoms with E-state index in [-0.39, 0.29) is 6.10 Å². The van der Waals surface area contributed by atoms with E-state index in [2.05, 4.69) is 32.9 Å². The fraction of sp³-hybridized carbons (Fsp3) is 0.538. The van der Waals surface area contributed by atoms with Gasteiger partial charge in [-0.25, -0.2) is 0 Å². The van der Waals surface area contributed by atoms with Crippen LogP contribution in [0.3, 0.4) is 0 Å². The van der Waals surface area contributed by atoms with Crippen LogP contribution in [0.4, 0.5) is 0 Å². The summed E-state index contributed by atoms with van der Waals surface area (Å²) >= 11 is 1.88. The van der Waals surface area contributed by atoms with Gasteiger partial charge in [-0.15, -0.1) is 0 Å². The molecule has 15 heavy (non-hydrogen) atoms. The lowest BCUT2D eigenvalue weighted by atomic mass is 10.0. The minimum absolute atomic E-state index is 0.302. The van der Waals surface area contributed by atoms with Gasteiger partial charge in [0.05, 0.1) is 6.10 Å². The van der Waals surface area contributed by atoms with Gasteiger partial charge in [-0.1, -0.05) is 25.1 Å². The molecule has 0 saturated heterocycles. The molecular weight excluding hydrogens is 204 g/mol. The lowest BCUT2D eigenvalue weighted by molar-refractivity contribution is 0.175. The predicted molar refractivity (Wildman–Crippen MR) is 68.5 cm³/mol. The van der Waals surface area contributed by atoms with Crippen LogP contribution in [0.5, 0.6) is 0 Å². The van der Waals surface area contributed by atoms with Gasteiger partial charge in [0.25, 0.3) is 0 Å². The molecular formula is C13H20OS. The second kappa shape index (κ2) is 6.19. The SMILES string of the molecule is CCSCCC(O)c1ccc(C)c(C)c1. The average molecular weight is 224 g/mol. The summed E-state index contributed by atoms with van der Waals surface area (Å²) in [6.07, 6.45) is 0.546. The minimum Gasteiger partial charge on any atom is -0.388 e. The van der Waals surface area contributed by atoms with Crippen LogP contribution in [0.1, 0.15) is 36.1 Å². The Bertz CT molecular complexity index is 309. The summed E-state index contributed by atoms with van der Waals surface area (Å²) in [4.78, 5) is 0. The Hall–Kier alpha value is -0.470. The maximum atomic E-state index is 9.95. The highest BCUT2D eigenvalue weighted by molar-refractivity contribution is 7.99. The van der Waals surface area contributed by atoms with Crippen LogP contribution in [-0.4, -0.2) is 16.6 Å². The zero-order valence-electron chi connectivity index (χ0n) is 9.79. The van der Waals surface area contributed by atoms with Crippen molar-refractivity contribution in [3.8, 4) is 0 Å². The van der Waals surface area contributed by atoms with E-state index in [0.717, 1.165) is 23.5 Å². The number of hydrogen-bond donors (Lipinski definition) is 1. The summed E-state index contributed by atoms with van der Waals surface area (Å²) in [5.74, 6) is 2.16. The second-order valence-electron chi connectivity index (χ2n) is 3.85. The Morgan fingerprint density at radius 2 is 2.00 bits per heavy atom. The fourth-order valence-electron chi connectivity index (χ4n) is 1.48. The monoisotopic (exact) mass is 224 g/mol. The number of aliphatic hydroxyl groups is 1. The molecule has 2 heteroatoms. The molecule has 84 valence electrons. The van der Waals surface area contributed by atoms with Crippen molar-refractivity contribution in [2.24, 2.45) is 0 Å². The molecule has 0 saturated carbocycles. The van der Waals surface area contributed by atoms with Crippen molar-refractivity contribution in [2.75, 3.05) is 11.5 Å². The van der Waals surface area contributed by atoms with Gasteiger partial charge in [0.2, 0.25) is 0 Å². The average Bonchev–Trinajstić information content (AvgIpc) is 2.22. The maximum absolute atomic E-state index is 9.95. The van der Waals surface area contributed by atoms with Crippen LogP contribution in [0.2, 0.25) is 0 Å². The largest absolute Gasteiger partial charge is 0.388 e.